The minimum Gasteiger partial charge on any atom is -0.309 e. The third kappa shape index (κ3) is 13.1. The molecule has 0 spiro atoms. The van der Waals surface area contributed by atoms with Crippen molar-refractivity contribution in [3.8, 4) is 108 Å². The van der Waals surface area contributed by atoms with Gasteiger partial charge in [0.05, 0.1) is 44.3 Å². The fourth-order valence-corrected chi connectivity index (χ4v) is 22.3. The van der Waals surface area contributed by atoms with Gasteiger partial charge in [-0.2, -0.15) is 0 Å². The maximum absolute atomic E-state index is 5.21. The normalized spacial score (nSPS) is 11.7. The summed E-state index contributed by atoms with van der Waals surface area (Å²) in [6, 6.07) is 151. The molecule has 0 N–H and O–H groups in total. The zero-order valence-corrected chi connectivity index (χ0v) is 72.1. The number of aromatic nitrogens is 11. The summed E-state index contributed by atoms with van der Waals surface area (Å²) >= 11 is 5.55. The summed E-state index contributed by atoms with van der Waals surface area (Å²) in [5, 5.41) is 16.3. The second kappa shape index (κ2) is 31.8. The summed E-state index contributed by atoms with van der Waals surface area (Å²) in [5.74, 6) is 4.59. The molecule has 11 nitrogen and oxygen atoms in total. The van der Waals surface area contributed by atoms with Crippen molar-refractivity contribution in [2.75, 3.05) is 0 Å². The van der Waals surface area contributed by atoms with Crippen LogP contribution < -0.4 is 0 Å². The SMILES string of the molecule is c1ccc(-c2cc3sc4ccccc4c4cccc5c4c3c(c2)n5-c2cccc(-c3nc(-c4ccccc4)nc(-c4ccccc4)n3)c2)cc1.c1ccc(-c2nc(-c3ccccc3)nc(-c3cccc(-n4c5cccc6sc7ccccc7c7cccc4c7c65)c3)n2)cc1.c1ccc(-c2nc(-n3c4cccc5sc6ccccc6c6cccc3c6c54)nc3ccccc23)cc1. The first kappa shape index (κ1) is 75.9. The van der Waals surface area contributed by atoms with Gasteiger partial charge in [0.15, 0.2) is 34.9 Å². The van der Waals surface area contributed by atoms with E-state index in [9.17, 15) is 0 Å². The van der Waals surface area contributed by atoms with Crippen molar-refractivity contribution in [2.24, 2.45) is 0 Å². The molecule has 0 aliphatic heterocycles. The summed E-state index contributed by atoms with van der Waals surface area (Å²) in [5.41, 5.74) is 20.1. The Morgan fingerprint density at radius 1 is 0.162 bits per heavy atom. The van der Waals surface area contributed by atoms with E-state index in [2.05, 4.69) is 311 Å². The van der Waals surface area contributed by atoms with E-state index in [-0.39, 0.29) is 0 Å². The van der Waals surface area contributed by atoms with E-state index in [0.29, 0.717) is 40.9 Å². The minimum absolute atomic E-state index is 0.636. The zero-order chi connectivity index (χ0) is 85.7. The van der Waals surface area contributed by atoms with Gasteiger partial charge < -0.3 is 9.13 Å². The van der Waals surface area contributed by atoms with Crippen LogP contribution in [0.25, 0.3) is 245 Å². The van der Waals surface area contributed by atoms with Gasteiger partial charge in [-0.3, -0.25) is 4.57 Å². The van der Waals surface area contributed by atoms with Gasteiger partial charge in [0.25, 0.3) is 0 Å². The summed E-state index contributed by atoms with van der Waals surface area (Å²) < 4.78 is 14.7. The van der Waals surface area contributed by atoms with Crippen LogP contribution in [0, 0.1) is 0 Å². The fourth-order valence-electron chi connectivity index (χ4n) is 18.9. The van der Waals surface area contributed by atoms with Crippen LogP contribution in [0.3, 0.4) is 0 Å². The van der Waals surface area contributed by atoms with Gasteiger partial charge in [0.1, 0.15) is 0 Å². The minimum atomic E-state index is 0.636. The lowest BCUT2D eigenvalue weighted by molar-refractivity contribution is 1.01. The van der Waals surface area contributed by atoms with Gasteiger partial charge in [-0.05, 0) is 147 Å². The molecule has 9 heterocycles. The quantitative estimate of drug-likeness (QED) is 0.126. The van der Waals surface area contributed by atoms with E-state index < -0.39 is 0 Å². The second-order valence-corrected chi connectivity index (χ2v) is 35.6. The van der Waals surface area contributed by atoms with Crippen molar-refractivity contribution in [3.05, 3.63) is 431 Å². The van der Waals surface area contributed by atoms with Crippen molar-refractivity contribution in [1.29, 1.82) is 0 Å². The van der Waals surface area contributed by atoms with Crippen LogP contribution in [0.15, 0.2) is 431 Å². The lowest BCUT2D eigenvalue weighted by atomic mass is 10.0. The average Bonchev–Trinajstić information content (AvgIpc) is 1.57. The molecule has 18 aromatic carbocycles. The van der Waals surface area contributed by atoms with Gasteiger partial charge in [-0.1, -0.05) is 328 Å². The molecular formula is C116H71N11S3. The number of benzene rings is 18. The maximum Gasteiger partial charge on any atom is 0.235 e. The Morgan fingerprint density at radius 2 is 0.454 bits per heavy atom. The van der Waals surface area contributed by atoms with Crippen molar-refractivity contribution >= 4 is 171 Å². The lowest BCUT2D eigenvalue weighted by Gasteiger charge is -2.12. The van der Waals surface area contributed by atoms with Gasteiger partial charge in [0, 0.05) is 116 Å². The highest BCUT2D eigenvalue weighted by Crippen LogP contribution is 2.49. The largest absolute Gasteiger partial charge is 0.309 e. The first-order valence-corrected chi connectivity index (χ1v) is 45.8. The topological polar surface area (TPSA) is 118 Å². The maximum atomic E-state index is 5.21. The number of para-hydroxylation sites is 1. The molecule has 0 bridgehead atoms. The first-order chi connectivity index (χ1) is 64.5. The van der Waals surface area contributed by atoms with Crippen LogP contribution >= 0.6 is 34.0 Å². The highest BCUT2D eigenvalue weighted by atomic mass is 32.1. The molecule has 0 saturated heterocycles. The second-order valence-electron chi connectivity index (χ2n) is 32.4. The van der Waals surface area contributed by atoms with E-state index in [0.717, 1.165) is 77.9 Å². The van der Waals surface area contributed by atoms with Crippen LogP contribution in [0.2, 0.25) is 0 Å². The molecule has 0 aliphatic rings. The Balaban J connectivity index is 0.000000107. The van der Waals surface area contributed by atoms with Crippen LogP contribution in [0.5, 0.6) is 0 Å². The highest BCUT2D eigenvalue weighted by molar-refractivity contribution is 7.25. The summed E-state index contributed by atoms with van der Waals surface area (Å²) in [7, 11) is 0. The van der Waals surface area contributed by atoms with Crippen LogP contribution in [0.1, 0.15) is 0 Å². The van der Waals surface area contributed by atoms with E-state index in [1.54, 1.807) is 0 Å². The monoisotopic (exact) mass is 1710 g/mol. The Bertz CT molecular complexity index is 9010. The Hall–Kier alpha value is -16.6. The van der Waals surface area contributed by atoms with Crippen molar-refractivity contribution in [3.63, 3.8) is 0 Å². The molecule has 0 radical (unpaired) electrons. The van der Waals surface area contributed by atoms with Gasteiger partial charge >= 0.3 is 0 Å². The van der Waals surface area contributed by atoms with Gasteiger partial charge in [-0.25, -0.2) is 39.9 Å². The van der Waals surface area contributed by atoms with Crippen molar-refractivity contribution in [1.82, 2.24) is 53.6 Å². The molecule has 27 rings (SSSR count). The summed E-state index contributed by atoms with van der Waals surface area (Å²) in [4.78, 5) is 40.2. The number of fused-ring (bicyclic) bond motifs is 7. The molecule has 27 aromatic rings. The third-order valence-electron chi connectivity index (χ3n) is 24.7. The molecule has 0 atom stereocenters. The third-order valence-corrected chi connectivity index (χ3v) is 28.1. The van der Waals surface area contributed by atoms with Crippen LogP contribution in [-0.4, -0.2) is 53.6 Å². The highest BCUT2D eigenvalue weighted by Gasteiger charge is 2.26. The number of rotatable bonds is 11. The van der Waals surface area contributed by atoms with Crippen LogP contribution in [0.4, 0.5) is 0 Å². The molecular weight excluding hydrogens is 1640 g/mol. The molecule has 608 valence electrons. The van der Waals surface area contributed by atoms with E-state index >= 15 is 0 Å². The average molecular weight is 1720 g/mol. The first-order valence-electron chi connectivity index (χ1n) is 43.4. The summed E-state index contributed by atoms with van der Waals surface area (Å²) in [6.07, 6.45) is 0. The van der Waals surface area contributed by atoms with Crippen molar-refractivity contribution < 1.29 is 0 Å². The van der Waals surface area contributed by atoms with E-state index in [4.69, 9.17) is 39.9 Å². The van der Waals surface area contributed by atoms with E-state index in [1.807, 2.05) is 167 Å². The number of hydrogen-bond acceptors (Lipinski definition) is 11. The predicted molar refractivity (Wildman–Crippen MR) is 544 cm³/mol. The number of nitrogens with zero attached hydrogens (tertiary/aromatic N) is 11. The van der Waals surface area contributed by atoms with E-state index in [1.165, 1.54) is 126 Å². The smallest absolute Gasteiger partial charge is 0.235 e. The standard InChI is InChI=1S/C45H28N4S.C39H24N4S.C32H19N3S/c1-4-14-29(15-5-1)33-27-38-42-40(28-33)50-39-25-11-10-22-35(39)36-23-13-24-37(41(36)42)49(38)34-21-12-20-32(26-34)45-47-43(30-16-6-2-7-17-30)46-44(48-45)31-18-8-3-9-19-31;1-3-12-25(13-4-1)37-40-38(26-14-5-2-6-15-26)42-39(41-37)27-16-9-17-28(24-27)43-31-20-10-19-30-29-18-7-8-22-33(29)44-34-23-11-21-32(43)36(34)35(30)31;1-2-10-20(11-3-1)31-23-13-4-6-15-24(23)33-32(34-31)35-25-16-8-14-22-21-12-5-7-18-27(21)36-28-19-9-17-26(35)30(28)29(22)25/h1-28H;1-24H;1-19H. The molecule has 0 amide bonds. The Morgan fingerprint density at radius 3 is 0.885 bits per heavy atom. The molecule has 14 heteroatoms. The predicted octanol–water partition coefficient (Wildman–Crippen LogP) is 31.1. The van der Waals surface area contributed by atoms with Gasteiger partial charge in [0.2, 0.25) is 5.95 Å². The number of hydrogen-bond donors (Lipinski definition) is 0. The van der Waals surface area contributed by atoms with Crippen molar-refractivity contribution in [2.45, 2.75) is 0 Å². The molecule has 0 fully saturated rings. The summed E-state index contributed by atoms with van der Waals surface area (Å²) in [6.45, 7) is 0. The Kier molecular flexibility index (Phi) is 18.6. The molecule has 0 aliphatic carbocycles. The molecule has 130 heavy (non-hydrogen) atoms. The molecule has 0 saturated carbocycles. The molecule has 0 unspecified atom stereocenters. The Labute approximate surface area is 757 Å². The zero-order valence-electron chi connectivity index (χ0n) is 69.6. The molecule has 9 aromatic heterocycles. The fraction of sp³-hybridized carbons (Fsp3) is 0. The van der Waals surface area contributed by atoms with Crippen LogP contribution in [-0.2, 0) is 0 Å². The van der Waals surface area contributed by atoms with Gasteiger partial charge in [-0.15, -0.1) is 34.0 Å². The lowest BCUT2D eigenvalue weighted by Crippen LogP contribution is -2.03.